The van der Waals surface area contributed by atoms with E-state index in [0.29, 0.717) is 0 Å². The maximum Gasteiger partial charge on any atom is 0.142 e. The van der Waals surface area contributed by atoms with Crippen LogP contribution in [-0.4, -0.2) is 57.3 Å². The molecule has 0 bridgehead atoms. The van der Waals surface area contributed by atoms with Crippen molar-refractivity contribution in [1.29, 1.82) is 0 Å². The monoisotopic (exact) mass is 247 g/mol. The van der Waals surface area contributed by atoms with Crippen molar-refractivity contribution >= 4 is 5.69 Å². The second-order valence-electron chi connectivity index (χ2n) is 5.01. The lowest BCUT2D eigenvalue weighted by molar-refractivity contribution is 0.138. The summed E-state index contributed by atoms with van der Waals surface area (Å²) in [6.45, 7) is 6.83. The summed E-state index contributed by atoms with van der Waals surface area (Å²) in [6.07, 6.45) is 0. The Hall–Kier alpha value is -1.26. The first-order chi connectivity index (χ1) is 8.88. The molecule has 4 nitrogen and oxygen atoms in total. The third kappa shape index (κ3) is 2.18. The number of nitrogens with zero attached hydrogens (tertiary/aromatic N) is 2. The van der Waals surface area contributed by atoms with E-state index in [0.717, 1.165) is 51.1 Å². The molecular weight excluding hydrogens is 226 g/mol. The zero-order valence-corrected chi connectivity index (χ0v) is 10.9. The molecule has 2 saturated heterocycles. The quantitative estimate of drug-likeness (QED) is 0.854. The predicted molar refractivity (Wildman–Crippen MR) is 73.4 cm³/mol. The Balaban J connectivity index is 1.64. The van der Waals surface area contributed by atoms with Crippen molar-refractivity contribution in [2.45, 2.75) is 6.04 Å². The van der Waals surface area contributed by atoms with Gasteiger partial charge < -0.3 is 15.0 Å². The summed E-state index contributed by atoms with van der Waals surface area (Å²) < 4.78 is 5.44. The van der Waals surface area contributed by atoms with E-state index in [2.05, 4.69) is 27.2 Å². The minimum absolute atomic E-state index is 0.768. The van der Waals surface area contributed by atoms with Crippen LogP contribution in [0.4, 0.5) is 5.69 Å². The first-order valence-electron chi connectivity index (χ1n) is 6.71. The average molecular weight is 247 g/mol. The number of ether oxygens (including phenoxy) is 1. The van der Waals surface area contributed by atoms with Gasteiger partial charge >= 0.3 is 0 Å². The molecule has 0 amide bonds. The Morgan fingerprint density at radius 2 is 1.83 bits per heavy atom. The summed E-state index contributed by atoms with van der Waals surface area (Å²) in [5.74, 6) is 0.983. The Labute approximate surface area is 109 Å². The Morgan fingerprint density at radius 3 is 2.44 bits per heavy atom. The van der Waals surface area contributed by atoms with Gasteiger partial charge in [0.1, 0.15) is 5.75 Å². The molecule has 0 aliphatic carbocycles. The van der Waals surface area contributed by atoms with Gasteiger partial charge in [0.25, 0.3) is 0 Å². The van der Waals surface area contributed by atoms with Crippen molar-refractivity contribution in [3.05, 3.63) is 24.3 Å². The highest BCUT2D eigenvalue weighted by Crippen LogP contribution is 2.28. The van der Waals surface area contributed by atoms with Gasteiger partial charge in [-0.2, -0.15) is 0 Å². The number of anilines is 1. The molecule has 4 heteroatoms. The zero-order valence-electron chi connectivity index (χ0n) is 10.9. The molecular formula is C14H21N3O. The fraction of sp³-hybridized carbons (Fsp3) is 0.571. The van der Waals surface area contributed by atoms with Crippen molar-refractivity contribution in [3.63, 3.8) is 0 Å². The minimum atomic E-state index is 0.768. The van der Waals surface area contributed by atoms with Crippen LogP contribution in [-0.2, 0) is 0 Å². The molecule has 18 heavy (non-hydrogen) atoms. The number of piperazine rings is 1. The molecule has 0 aromatic heterocycles. The molecule has 0 unspecified atom stereocenters. The molecule has 1 N–H and O–H groups in total. The van der Waals surface area contributed by atoms with Crippen LogP contribution in [0, 0.1) is 0 Å². The third-order valence-corrected chi connectivity index (χ3v) is 4.02. The van der Waals surface area contributed by atoms with Gasteiger partial charge in [-0.15, -0.1) is 0 Å². The first kappa shape index (κ1) is 11.8. The topological polar surface area (TPSA) is 27.7 Å². The molecule has 2 aliphatic heterocycles. The molecule has 0 atom stereocenters. The van der Waals surface area contributed by atoms with Crippen LogP contribution in [0.3, 0.4) is 0 Å². The van der Waals surface area contributed by atoms with Crippen LogP contribution >= 0.6 is 0 Å². The first-order valence-corrected chi connectivity index (χ1v) is 6.71. The Morgan fingerprint density at radius 1 is 1.11 bits per heavy atom. The minimum Gasteiger partial charge on any atom is -0.495 e. The largest absolute Gasteiger partial charge is 0.495 e. The molecule has 2 fully saturated rings. The van der Waals surface area contributed by atoms with Crippen LogP contribution in [0.15, 0.2) is 24.3 Å². The van der Waals surface area contributed by atoms with Gasteiger partial charge in [0.15, 0.2) is 0 Å². The number of rotatable bonds is 3. The summed E-state index contributed by atoms with van der Waals surface area (Å²) in [6, 6.07) is 9.07. The van der Waals surface area contributed by atoms with Gasteiger partial charge in [0, 0.05) is 45.3 Å². The van der Waals surface area contributed by atoms with Crippen molar-refractivity contribution in [2.75, 3.05) is 51.3 Å². The maximum atomic E-state index is 5.44. The maximum absolute atomic E-state index is 5.44. The van der Waals surface area contributed by atoms with Gasteiger partial charge in [-0.1, -0.05) is 12.1 Å². The van der Waals surface area contributed by atoms with E-state index in [-0.39, 0.29) is 0 Å². The second-order valence-corrected chi connectivity index (χ2v) is 5.01. The smallest absolute Gasteiger partial charge is 0.142 e. The molecule has 2 aliphatic rings. The number of para-hydroxylation sites is 2. The molecule has 0 radical (unpaired) electrons. The van der Waals surface area contributed by atoms with Crippen LogP contribution in [0.5, 0.6) is 5.75 Å². The SMILES string of the molecule is COc1ccccc1N1CCN(C2CNC2)CC1. The zero-order chi connectivity index (χ0) is 12.4. The van der Waals surface area contributed by atoms with Crippen LogP contribution in [0.25, 0.3) is 0 Å². The third-order valence-electron chi connectivity index (χ3n) is 4.02. The van der Waals surface area contributed by atoms with E-state index in [1.807, 2.05) is 12.1 Å². The molecule has 98 valence electrons. The Kier molecular flexibility index (Phi) is 3.39. The number of nitrogens with one attached hydrogen (secondary N) is 1. The summed E-state index contributed by atoms with van der Waals surface area (Å²) in [5.41, 5.74) is 1.23. The Bertz CT molecular complexity index is 398. The van der Waals surface area contributed by atoms with Gasteiger partial charge in [-0.3, -0.25) is 4.90 Å². The van der Waals surface area contributed by atoms with Crippen LogP contribution < -0.4 is 15.0 Å². The van der Waals surface area contributed by atoms with E-state index in [1.54, 1.807) is 7.11 Å². The van der Waals surface area contributed by atoms with Gasteiger partial charge in [-0.05, 0) is 12.1 Å². The second kappa shape index (κ2) is 5.16. The summed E-state index contributed by atoms with van der Waals surface area (Å²) in [5, 5.41) is 3.34. The predicted octanol–water partition coefficient (Wildman–Crippen LogP) is 0.789. The van der Waals surface area contributed by atoms with E-state index in [1.165, 1.54) is 5.69 Å². The summed E-state index contributed by atoms with van der Waals surface area (Å²) in [4.78, 5) is 5.03. The van der Waals surface area contributed by atoms with E-state index < -0.39 is 0 Å². The van der Waals surface area contributed by atoms with Crippen LogP contribution in [0.1, 0.15) is 0 Å². The lowest BCUT2D eigenvalue weighted by atomic mass is 10.1. The van der Waals surface area contributed by atoms with Crippen molar-refractivity contribution in [3.8, 4) is 5.75 Å². The standard InChI is InChI=1S/C14H21N3O/c1-18-14-5-3-2-4-13(14)17-8-6-16(7-9-17)12-10-15-11-12/h2-5,12,15H,6-11H2,1H3. The lowest BCUT2D eigenvalue weighted by Gasteiger charge is -2.44. The van der Waals surface area contributed by atoms with E-state index in [4.69, 9.17) is 4.74 Å². The molecule has 1 aromatic carbocycles. The number of methoxy groups -OCH3 is 1. The van der Waals surface area contributed by atoms with Gasteiger partial charge in [0.2, 0.25) is 0 Å². The van der Waals surface area contributed by atoms with Crippen molar-refractivity contribution in [1.82, 2.24) is 10.2 Å². The number of hydrogen-bond donors (Lipinski definition) is 1. The molecule has 3 rings (SSSR count). The normalized spacial score (nSPS) is 21.7. The molecule has 0 saturated carbocycles. The molecule has 1 aromatic rings. The number of hydrogen-bond acceptors (Lipinski definition) is 4. The van der Waals surface area contributed by atoms with Crippen molar-refractivity contribution < 1.29 is 4.74 Å². The molecule has 0 spiro atoms. The number of benzene rings is 1. The highest BCUT2D eigenvalue weighted by Gasteiger charge is 2.28. The van der Waals surface area contributed by atoms with E-state index >= 15 is 0 Å². The lowest BCUT2D eigenvalue weighted by Crippen LogP contribution is -2.61. The molecule has 2 heterocycles. The average Bonchev–Trinajstić information content (AvgIpc) is 2.38. The highest BCUT2D eigenvalue weighted by atomic mass is 16.5. The summed E-state index contributed by atoms with van der Waals surface area (Å²) >= 11 is 0. The summed E-state index contributed by atoms with van der Waals surface area (Å²) in [7, 11) is 1.75. The fourth-order valence-electron chi connectivity index (χ4n) is 2.75. The highest BCUT2D eigenvalue weighted by molar-refractivity contribution is 5.58. The van der Waals surface area contributed by atoms with Gasteiger partial charge in [-0.25, -0.2) is 0 Å². The van der Waals surface area contributed by atoms with E-state index in [9.17, 15) is 0 Å². The van der Waals surface area contributed by atoms with Gasteiger partial charge in [0.05, 0.1) is 12.8 Å². The van der Waals surface area contributed by atoms with Crippen molar-refractivity contribution in [2.24, 2.45) is 0 Å². The fourth-order valence-corrected chi connectivity index (χ4v) is 2.75. The van der Waals surface area contributed by atoms with Crippen LogP contribution in [0.2, 0.25) is 0 Å².